The van der Waals surface area contributed by atoms with Gasteiger partial charge in [0.25, 0.3) is 0 Å². The number of nitrogen functional groups attached to an aromatic ring is 2. The first-order valence-electron chi connectivity index (χ1n) is 9.94. The molecule has 4 rings (SSSR count). The fraction of sp³-hybridized carbons (Fsp3) is 0.0833. The Labute approximate surface area is 192 Å². The van der Waals surface area contributed by atoms with Gasteiger partial charge in [-0.3, -0.25) is 11.6 Å². The summed E-state index contributed by atoms with van der Waals surface area (Å²) in [6.07, 6.45) is 0. The number of nitrogens with one attached hydrogen (secondary N) is 1. The van der Waals surface area contributed by atoms with Gasteiger partial charge >= 0.3 is 5.82 Å². The van der Waals surface area contributed by atoms with Crippen LogP contribution >= 0.6 is 0 Å². The summed E-state index contributed by atoms with van der Waals surface area (Å²) in [6, 6.07) is 25.5. The van der Waals surface area contributed by atoms with Gasteiger partial charge in [-0.2, -0.15) is 5.26 Å². The van der Waals surface area contributed by atoms with E-state index in [1.807, 2.05) is 61.5 Å². The SMILES string of the molecule is Cc1ccc(S(=O)(=O)[O-])cc1.N#Cc1c(NCc2ccccc2)c2ccccc2[n+](N)c1N. The maximum atomic E-state index is 10.4. The molecule has 0 aliphatic carbocycles. The van der Waals surface area contributed by atoms with E-state index in [-0.39, 0.29) is 10.7 Å². The normalized spacial score (nSPS) is 10.7. The largest absolute Gasteiger partial charge is 0.744 e. The maximum Gasteiger partial charge on any atom is 0.316 e. The molecule has 0 aliphatic rings. The van der Waals surface area contributed by atoms with Crippen molar-refractivity contribution in [2.75, 3.05) is 16.9 Å². The number of nitrogens with zero attached hydrogens (tertiary/aromatic N) is 2. The van der Waals surface area contributed by atoms with E-state index in [1.165, 1.54) is 16.8 Å². The third-order valence-corrected chi connectivity index (χ3v) is 5.78. The van der Waals surface area contributed by atoms with Gasteiger partial charge in [0.15, 0.2) is 11.1 Å². The number of nitrogens with two attached hydrogens (primary N) is 2. The molecule has 3 aromatic carbocycles. The third-order valence-electron chi connectivity index (χ3n) is 4.93. The molecule has 0 unspecified atom stereocenters. The molecule has 0 fully saturated rings. The van der Waals surface area contributed by atoms with Crippen LogP contribution in [0.4, 0.5) is 11.5 Å². The lowest BCUT2D eigenvalue weighted by Gasteiger charge is -2.13. The zero-order chi connectivity index (χ0) is 24.0. The summed E-state index contributed by atoms with van der Waals surface area (Å²) < 4.78 is 32.5. The summed E-state index contributed by atoms with van der Waals surface area (Å²) in [5.41, 5.74) is 9.90. The quantitative estimate of drug-likeness (QED) is 0.240. The number of hydrogen-bond acceptors (Lipinski definition) is 7. The topological polar surface area (TPSA) is 149 Å². The number of para-hydroxylation sites is 1. The average molecular weight is 462 g/mol. The monoisotopic (exact) mass is 461 g/mol. The van der Waals surface area contributed by atoms with E-state index in [0.717, 1.165) is 22.0 Å². The van der Waals surface area contributed by atoms with E-state index in [2.05, 4.69) is 11.4 Å². The Kier molecular flexibility index (Phi) is 7.13. The van der Waals surface area contributed by atoms with Gasteiger partial charge in [-0.05, 0) is 36.8 Å². The molecule has 0 aliphatic heterocycles. The van der Waals surface area contributed by atoms with Crippen LogP contribution in [0.15, 0.2) is 83.8 Å². The molecule has 0 radical (unpaired) electrons. The van der Waals surface area contributed by atoms with E-state index in [9.17, 15) is 18.2 Å². The summed E-state index contributed by atoms with van der Waals surface area (Å²) >= 11 is 0. The number of anilines is 2. The van der Waals surface area contributed by atoms with Gasteiger partial charge in [0.05, 0.1) is 10.6 Å². The summed E-state index contributed by atoms with van der Waals surface area (Å²) in [6.45, 7) is 2.43. The van der Waals surface area contributed by atoms with Gasteiger partial charge < -0.3 is 9.87 Å². The lowest BCUT2D eigenvalue weighted by molar-refractivity contribution is -0.596. The Morgan fingerprint density at radius 1 is 1.00 bits per heavy atom. The van der Waals surface area contributed by atoms with E-state index in [1.54, 1.807) is 12.1 Å². The highest BCUT2D eigenvalue weighted by molar-refractivity contribution is 7.85. The first-order chi connectivity index (χ1) is 15.7. The van der Waals surface area contributed by atoms with Crippen LogP contribution < -0.4 is 21.6 Å². The zero-order valence-corrected chi connectivity index (χ0v) is 18.7. The van der Waals surface area contributed by atoms with Gasteiger partial charge in [0, 0.05) is 11.9 Å². The first-order valence-corrected chi connectivity index (χ1v) is 11.3. The van der Waals surface area contributed by atoms with Crippen LogP contribution in [0.1, 0.15) is 16.7 Å². The van der Waals surface area contributed by atoms with E-state index < -0.39 is 10.1 Å². The van der Waals surface area contributed by atoms with Gasteiger partial charge in [0.1, 0.15) is 16.2 Å². The lowest BCUT2D eigenvalue weighted by Crippen LogP contribution is -2.48. The van der Waals surface area contributed by atoms with Crippen molar-refractivity contribution in [3.63, 3.8) is 0 Å². The summed E-state index contributed by atoms with van der Waals surface area (Å²) in [4.78, 5) is -0.178. The van der Waals surface area contributed by atoms with E-state index in [4.69, 9.17) is 11.6 Å². The number of rotatable bonds is 4. The highest BCUT2D eigenvalue weighted by Crippen LogP contribution is 2.28. The Bertz CT molecular complexity index is 1410. The number of hydrogen-bond donors (Lipinski definition) is 3. The Hall–Kier alpha value is -4.13. The fourth-order valence-electron chi connectivity index (χ4n) is 3.20. The zero-order valence-electron chi connectivity index (χ0n) is 17.9. The number of fused-ring (bicyclic) bond motifs is 1. The van der Waals surface area contributed by atoms with Crippen molar-refractivity contribution >= 4 is 32.5 Å². The predicted molar refractivity (Wildman–Crippen MR) is 126 cm³/mol. The van der Waals surface area contributed by atoms with Gasteiger partial charge in [0.2, 0.25) is 0 Å². The van der Waals surface area contributed by atoms with Gasteiger partial charge in [-0.25, -0.2) is 8.42 Å². The second kappa shape index (κ2) is 9.99. The fourth-order valence-corrected chi connectivity index (χ4v) is 3.67. The minimum atomic E-state index is -4.27. The number of aryl methyl sites for hydroxylation is 1. The number of benzene rings is 3. The molecule has 0 atom stereocenters. The second-order valence-corrected chi connectivity index (χ2v) is 8.62. The molecule has 0 spiro atoms. The van der Waals surface area contributed by atoms with Crippen molar-refractivity contribution < 1.29 is 17.6 Å². The van der Waals surface area contributed by atoms with E-state index >= 15 is 0 Å². The van der Waals surface area contributed by atoms with E-state index in [0.29, 0.717) is 17.8 Å². The van der Waals surface area contributed by atoms with Crippen molar-refractivity contribution in [2.45, 2.75) is 18.4 Å². The molecule has 1 heterocycles. The van der Waals surface area contributed by atoms with Crippen LogP contribution in [-0.4, -0.2) is 13.0 Å². The Morgan fingerprint density at radius 2 is 1.61 bits per heavy atom. The summed E-state index contributed by atoms with van der Waals surface area (Å²) in [7, 11) is -4.27. The first kappa shape index (κ1) is 23.5. The molecule has 168 valence electrons. The molecule has 0 amide bonds. The molecule has 5 N–H and O–H groups in total. The second-order valence-electron chi connectivity index (χ2n) is 7.24. The summed E-state index contributed by atoms with van der Waals surface area (Å²) in [5, 5.41) is 13.6. The molecule has 4 aromatic rings. The maximum absolute atomic E-state index is 10.4. The molecule has 0 saturated heterocycles. The van der Waals surface area contributed by atoms with Crippen LogP contribution in [-0.2, 0) is 16.7 Å². The Morgan fingerprint density at radius 3 is 2.21 bits per heavy atom. The van der Waals surface area contributed by atoms with Crippen LogP contribution in [0, 0.1) is 18.3 Å². The highest BCUT2D eigenvalue weighted by Gasteiger charge is 2.20. The minimum absolute atomic E-state index is 0.178. The van der Waals surface area contributed by atoms with Crippen LogP contribution in [0.3, 0.4) is 0 Å². The highest BCUT2D eigenvalue weighted by atomic mass is 32.2. The van der Waals surface area contributed by atoms with Crippen molar-refractivity contribution in [1.82, 2.24) is 0 Å². The third kappa shape index (κ3) is 5.57. The summed E-state index contributed by atoms with van der Waals surface area (Å²) in [5.74, 6) is 6.23. The standard InChI is InChI=1S/C17H15N5.C7H8O3S/c18-10-14-16(21-11-12-6-2-1-3-7-12)13-8-4-5-9-15(13)22(20)17(14)19;1-6-2-4-7(5-3-6)11(8,9)10/h1-9H,11,20H2,(H2,19,21);2-5H,1H3,(H,8,9,10). The van der Waals surface area contributed by atoms with Crippen LogP contribution in [0.5, 0.6) is 0 Å². The molecule has 1 aromatic heterocycles. The van der Waals surface area contributed by atoms with Crippen molar-refractivity contribution in [2.24, 2.45) is 0 Å². The molecule has 8 nitrogen and oxygen atoms in total. The minimum Gasteiger partial charge on any atom is -0.744 e. The van der Waals surface area contributed by atoms with Crippen molar-refractivity contribution in [3.8, 4) is 6.07 Å². The molecule has 33 heavy (non-hydrogen) atoms. The van der Waals surface area contributed by atoms with Crippen molar-refractivity contribution in [1.29, 1.82) is 5.26 Å². The van der Waals surface area contributed by atoms with Crippen LogP contribution in [0.25, 0.3) is 10.9 Å². The average Bonchev–Trinajstić information content (AvgIpc) is 2.81. The molecule has 0 bridgehead atoms. The molecular weight excluding hydrogens is 438 g/mol. The number of pyridine rings is 1. The smallest absolute Gasteiger partial charge is 0.316 e. The number of nitriles is 1. The lowest BCUT2D eigenvalue weighted by atomic mass is 10.1. The molecule has 0 saturated carbocycles. The van der Waals surface area contributed by atoms with Crippen LogP contribution in [0.2, 0.25) is 0 Å². The molecular formula is C24H23N5O3S. The van der Waals surface area contributed by atoms with Gasteiger partial charge in [-0.1, -0.05) is 60.2 Å². The predicted octanol–water partition coefficient (Wildman–Crippen LogP) is 2.81. The number of aromatic nitrogens is 1. The van der Waals surface area contributed by atoms with Crippen molar-refractivity contribution in [3.05, 3.63) is 95.6 Å². The Balaban J connectivity index is 0.000000235. The molecule has 9 heteroatoms. The van der Waals surface area contributed by atoms with Gasteiger partial charge in [-0.15, -0.1) is 4.68 Å².